The van der Waals surface area contributed by atoms with E-state index in [-0.39, 0.29) is 12.5 Å². The normalized spacial score (nSPS) is 15.3. The molecule has 0 saturated heterocycles. The van der Waals surface area contributed by atoms with Crippen molar-refractivity contribution in [1.82, 2.24) is 10.6 Å². The molecule has 0 rings (SSSR count). The molecule has 0 aromatic carbocycles. The Kier molecular flexibility index (Phi) is 6.96. The Morgan fingerprint density at radius 1 is 1.28 bits per heavy atom. The van der Waals surface area contributed by atoms with Gasteiger partial charge in [-0.2, -0.15) is 0 Å². The van der Waals surface area contributed by atoms with Gasteiger partial charge in [-0.15, -0.1) is 0 Å². The maximum atomic E-state index is 11.5. The first-order valence-electron chi connectivity index (χ1n) is 5.85. The van der Waals surface area contributed by atoms with Crippen LogP contribution in [0, 0.1) is 5.92 Å². The number of carbonyl (C=O) groups excluding carboxylic acids is 2. The summed E-state index contributed by atoms with van der Waals surface area (Å²) in [5, 5.41) is 13.2. The first-order chi connectivity index (χ1) is 8.29. The number of carboxylic acids is 1. The zero-order valence-corrected chi connectivity index (χ0v) is 10.9. The number of hydrogen-bond acceptors (Lipinski definition) is 4. The van der Waals surface area contributed by atoms with Gasteiger partial charge in [0, 0.05) is 0 Å². The lowest BCUT2D eigenvalue weighted by Gasteiger charge is -2.17. The quantitative estimate of drug-likeness (QED) is 0.470. The third-order valence-corrected chi connectivity index (χ3v) is 2.73. The van der Waals surface area contributed by atoms with Crippen LogP contribution in [-0.2, 0) is 14.4 Å². The minimum atomic E-state index is -1.13. The van der Waals surface area contributed by atoms with E-state index in [0.717, 1.165) is 6.42 Å². The summed E-state index contributed by atoms with van der Waals surface area (Å²) in [5.41, 5.74) is 5.67. The van der Waals surface area contributed by atoms with Gasteiger partial charge in [-0.05, 0) is 12.8 Å². The zero-order valence-electron chi connectivity index (χ0n) is 10.9. The fourth-order valence-electron chi connectivity index (χ4n) is 1.15. The van der Waals surface area contributed by atoms with E-state index < -0.39 is 29.9 Å². The molecule has 104 valence electrons. The molecule has 0 aliphatic heterocycles. The summed E-state index contributed by atoms with van der Waals surface area (Å²) in [7, 11) is 0. The van der Waals surface area contributed by atoms with Crippen LogP contribution >= 0.6 is 0 Å². The smallest absolute Gasteiger partial charge is 0.325 e. The second kappa shape index (κ2) is 7.65. The highest BCUT2D eigenvalue weighted by atomic mass is 16.4. The number of hydrogen-bond donors (Lipinski definition) is 4. The lowest BCUT2D eigenvalue weighted by molar-refractivity contribution is -0.141. The van der Waals surface area contributed by atoms with Crippen LogP contribution in [0.4, 0.5) is 0 Å². The summed E-state index contributed by atoms with van der Waals surface area (Å²) in [4.78, 5) is 33.3. The van der Waals surface area contributed by atoms with Gasteiger partial charge in [-0.1, -0.05) is 20.3 Å². The molecule has 0 spiro atoms. The second-order valence-electron chi connectivity index (χ2n) is 4.26. The standard InChI is InChI=1S/C11H21N3O4/c1-4-6(2)9(12)10(16)13-5-8(15)14-7(3)11(17)18/h6-7,9H,4-5,12H2,1-3H3,(H,13,16)(H,14,15)(H,17,18). The van der Waals surface area contributed by atoms with Crippen LogP contribution in [0.5, 0.6) is 0 Å². The van der Waals surface area contributed by atoms with E-state index in [2.05, 4.69) is 10.6 Å². The molecule has 18 heavy (non-hydrogen) atoms. The molecule has 0 bridgehead atoms. The molecule has 0 saturated carbocycles. The van der Waals surface area contributed by atoms with E-state index in [1.807, 2.05) is 13.8 Å². The highest BCUT2D eigenvalue weighted by Gasteiger charge is 2.20. The van der Waals surface area contributed by atoms with Gasteiger partial charge in [0.05, 0.1) is 12.6 Å². The van der Waals surface area contributed by atoms with E-state index in [4.69, 9.17) is 10.8 Å². The third kappa shape index (κ3) is 5.62. The number of nitrogens with two attached hydrogens (primary N) is 1. The van der Waals surface area contributed by atoms with E-state index in [1.165, 1.54) is 6.92 Å². The van der Waals surface area contributed by atoms with Crippen LogP contribution in [-0.4, -0.2) is 41.5 Å². The number of aliphatic carboxylic acids is 1. The minimum absolute atomic E-state index is 0.0194. The Hall–Kier alpha value is -1.63. The molecule has 5 N–H and O–H groups in total. The number of amides is 2. The molecule has 7 nitrogen and oxygen atoms in total. The molecule has 3 atom stereocenters. The van der Waals surface area contributed by atoms with Crippen LogP contribution in [0.2, 0.25) is 0 Å². The largest absolute Gasteiger partial charge is 0.480 e. The number of carboxylic acid groups (broad SMARTS) is 1. The summed E-state index contributed by atoms with van der Waals surface area (Å²) in [6.07, 6.45) is 0.761. The van der Waals surface area contributed by atoms with Gasteiger partial charge in [0.15, 0.2) is 0 Å². The van der Waals surface area contributed by atoms with E-state index in [0.29, 0.717) is 0 Å². The molecule has 0 aliphatic carbocycles. The van der Waals surface area contributed by atoms with Crippen LogP contribution in [0.1, 0.15) is 27.2 Å². The maximum absolute atomic E-state index is 11.5. The number of rotatable bonds is 7. The lowest BCUT2D eigenvalue weighted by Crippen LogP contribution is -2.49. The van der Waals surface area contributed by atoms with Gasteiger partial charge in [0.2, 0.25) is 11.8 Å². The second-order valence-corrected chi connectivity index (χ2v) is 4.26. The van der Waals surface area contributed by atoms with Crippen LogP contribution in [0.15, 0.2) is 0 Å². The van der Waals surface area contributed by atoms with Gasteiger partial charge in [0.1, 0.15) is 6.04 Å². The Bertz CT molecular complexity index is 319. The van der Waals surface area contributed by atoms with E-state index in [1.54, 1.807) is 0 Å². The fraction of sp³-hybridized carbons (Fsp3) is 0.727. The van der Waals surface area contributed by atoms with Crippen molar-refractivity contribution < 1.29 is 19.5 Å². The monoisotopic (exact) mass is 259 g/mol. The number of nitrogens with one attached hydrogen (secondary N) is 2. The minimum Gasteiger partial charge on any atom is -0.480 e. The molecule has 2 amide bonds. The topological polar surface area (TPSA) is 122 Å². The van der Waals surface area contributed by atoms with Gasteiger partial charge < -0.3 is 21.5 Å². The van der Waals surface area contributed by atoms with Crippen LogP contribution in [0.3, 0.4) is 0 Å². The van der Waals surface area contributed by atoms with Gasteiger partial charge >= 0.3 is 5.97 Å². The van der Waals surface area contributed by atoms with Gasteiger partial charge in [0.25, 0.3) is 0 Å². The lowest BCUT2D eigenvalue weighted by atomic mass is 9.99. The molecule has 3 unspecified atom stereocenters. The summed E-state index contributed by atoms with van der Waals surface area (Å²) in [5.74, 6) is -2.09. The van der Waals surface area contributed by atoms with Gasteiger partial charge in [-0.25, -0.2) is 0 Å². The maximum Gasteiger partial charge on any atom is 0.325 e. The molecule has 0 aromatic heterocycles. The van der Waals surface area contributed by atoms with Crippen molar-refractivity contribution >= 4 is 17.8 Å². The van der Waals surface area contributed by atoms with Crippen molar-refractivity contribution in [1.29, 1.82) is 0 Å². The molecule has 0 aliphatic rings. The van der Waals surface area contributed by atoms with Crippen molar-refractivity contribution in [3.05, 3.63) is 0 Å². The first-order valence-corrected chi connectivity index (χ1v) is 5.85. The molecule has 0 aromatic rings. The SMILES string of the molecule is CCC(C)C(N)C(=O)NCC(=O)NC(C)C(=O)O. The van der Waals surface area contributed by atoms with Crippen molar-refractivity contribution in [2.45, 2.75) is 39.3 Å². The molecular weight excluding hydrogens is 238 g/mol. The van der Waals surface area contributed by atoms with E-state index in [9.17, 15) is 14.4 Å². The predicted octanol–water partition coefficient (Wildman–Crippen LogP) is -0.935. The molecule has 0 radical (unpaired) electrons. The summed E-state index contributed by atoms with van der Waals surface area (Å²) in [6, 6.07) is -1.66. The highest BCUT2D eigenvalue weighted by Crippen LogP contribution is 2.04. The van der Waals surface area contributed by atoms with Crippen molar-refractivity contribution in [2.24, 2.45) is 11.7 Å². The Labute approximate surface area is 106 Å². The highest BCUT2D eigenvalue weighted by molar-refractivity contribution is 5.89. The van der Waals surface area contributed by atoms with Gasteiger partial charge in [-0.3, -0.25) is 14.4 Å². The molecular formula is C11H21N3O4. The third-order valence-electron chi connectivity index (χ3n) is 2.73. The molecule has 0 heterocycles. The molecule has 0 fully saturated rings. The number of carbonyl (C=O) groups is 3. The van der Waals surface area contributed by atoms with Crippen molar-refractivity contribution in [3.63, 3.8) is 0 Å². The van der Waals surface area contributed by atoms with Crippen LogP contribution in [0.25, 0.3) is 0 Å². The summed E-state index contributed by atoms with van der Waals surface area (Å²) >= 11 is 0. The Balaban J connectivity index is 4.06. The molecule has 7 heteroatoms. The van der Waals surface area contributed by atoms with Crippen LogP contribution < -0.4 is 16.4 Å². The Morgan fingerprint density at radius 3 is 2.28 bits per heavy atom. The fourth-order valence-corrected chi connectivity index (χ4v) is 1.15. The van der Waals surface area contributed by atoms with E-state index >= 15 is 0 Å². The average molecular weight is 259 g/mol. The average Bonchev–Trinajstić information content (AvgIpc) is 2.33. The Morgan fingerprint density at radius 2 is 1.83 bits per heavy atom. The first kappa shape index (κ1) is 16.4. The summed E-state index contributed by atoms with van der Waals surface area (Å²) in [6.45, 7) is 4.82. The van der Waals surface area contributed by atoms with Crippen molar-refractivity contribution in [3.8, 4) is 0 Å². The predicted molar refractivity (Wildman–Crippen MR) is 65.7 cm³/mol. The van der Waals surface area contributed by atoms with Crippen molar-refractivity contribution in [2.75, 3.05) is 6.54 Å². The summed E-state index contributed by atoms with van der Waals surface area (Å²) < 4.78 is 0. The zero-order chi connectivity index (χ0) is 14.3.